The molecule has 1 heterocycles. The number of rotatable bonds is 2. The second-order valence-corrected chi connectivity index (χ2v) is 4.05. The first kappa shape index (κ1) is 9.22. The van der Waals surface area contributed by atoms with Gasteiger partial charge in [-0.3, -0.25) is 0 Å². The minimum Gasteiger partial charge on any atom is -0.144 e. The van der Waals surface area contributed by atoms with Gasteiger partial charge >= 0.3 is 0 Å². The molecule has 0 saturated heterocycles. The fourth-order valence-corrected chi connectivity index (χ4v) is 2.13. The van der Waals surface area contributed by atoms with E-state index in [9.17, 15) is 0 Å². The molecular weight excluding hydrogens is 188 g/mol. The molecule has 0 atom stereocenters. The summed E-state index contributed by atoms with van der Waals surface area (Å²) < 4.78 is 0. The molecule has 0 saturated carbocycles. The summed E-state index contributed by atoms with van der Waals surface area (Å²) in [5.41, 5.74) is 2.56. The van der Waals surface area contributed by atoms with Gasteiger partial charge in [0.15, 0.2) is 0 Å². The van der Waals surface area contributed by atoms with Gasteiger partial charge in [0.05, 0.1) is 0 Å². The average Bonchev–Trinajstić information content (AvgIpc) is 2.72. The standard InChI is InChI=1S/C13H12S/c1-2-4-11-6-8-12(9-7-11)13-5-3-10-14-13/h2-10H,1H3. The Hall–Kier alpha value is -1.34. The third-order valence-corrected chi connectivity index (χ3v) is 2.99. The summed E-state index contributed by atoms with van der Waals surface area (Å²) in [6, 6.07) is 12.9. The summed E-state index contributed by atoms with van der Waals surface area (Å²) in [6.45, 7) is 2.03. The molecule has 2 aromatic rings. The Bertz CT molecular complexity index is 407. The van der Waals surface area contributed by atoms with E-state index in [1.165, 1.54) is 16.0 Å². The largest absolute Gasteiger partial charge is 0.144 e. The Balaban J connectivity index is 2.31. The second kappa shape index (κ2) is 4.25. The van der Waals surface area contributed by atoms with E-state index in [2.05, 4.69) is 53.9 Å². The van der Waals surface area contributed by atoms with Gasteiger partial charge in [0.25, 0.3) is 0 Å². The van der Waals surface area contributed by atoms with Gasteiger partial charge in [-0.1, -0.05) is 42.5 Å². The van der Waals surface area contributed by atoms with Crippen molar-refractivity contribution in [3.8, 4) is 10.4 Å². The van der Waals surface area contributed by atoms with Crippen molar-refractivity contribution in [2.45, 2.75) is 6.92 Å². The van der Waals surface area contributed by atoms with Crippen LogP contribution in [0.25, 0.3) is 16.5 Å². The van der Waals surface area contributed by atoms with Crippen LogP contribution in [-0.2, 0) is 0 Å². The second-order valence-electron chi connectivity index (χ2n) is 3.10. The number of benzene rings is 1. The van der Waals surface area contributed by atoms with Crippen molar-refractivity contribution in [1.29, 1.82) is 0 Å². The predicted octanol–water partition coefficient (Wildman–Crippen LogP) is 4.45. The Morgan fingerprint density at radius 2 is 1.86 bits per heavy atom. The minimum atomic E-state index is 1.26. The molecule has 1 heteroatoms. The molecule has 1 aromatic carbocycles. The van der Waals surface area contributed by atoms with Gasteiger partial charge in [-0.2, -0.15) is 0 Å². The van der Waals surface area contributed by atoms with Crippen molar-refractivity contribution < 1.29 is 0 Å². The number of hydrogen-bond donors (Lipinski definition) is 0. The van der Waals surface area contributed by atoms with Crippen LogP contribution in [0.1, 0.15) is 12.5 Å². The number of thiophene rings is 1. The van der Waals surface area contributed by atoms with Crippen LogP contribution in [0.2, 0.25) is 0 Å². The summed E-state index contributed by atoms with van der Waals surface area (Å²) >= 11 is 1.78. The van der Waals surface area contributed by atoms with Crippen molar-refractivity contribution in [2.75, 3.05) is 0 Å². The molecule has 0 fully saturated rings. The van der Waals surface area contributed by atoms with Crippen LogP contribution in [0, 0.1) is 0 Å². The first-order valence-corrected chi connectivity index (χ1v) is 5.55. The molecule has 0 N–H and O–H groups in total. The maximum absolute atomic E-state index is 2.17. The fraction of sp³-hybridized carbons (Fsp3) is 0.0769. The zero-order chi connectivity index (χ0) is 9.80. The highest BCUT2D eigenvalue weighted by Gasteiger charge is 1.96. The summed E-state index contributed by atoms with van der Waals surface area (Å²) in [7, 11) is 0. The topological polar surface area (TPSA) is 0 Å². The molecule has 14 heavy (non-hydrogen) atoms. The molecule has 0 radical (unpaired) electrons. The molecule has 0 amide bonds. The molecule has 0 bridgehead atoms. The van der Waals surface area contributed by atoms with Crippen LogP contribution in [0.15, 0.2) is 47.9 Å². The van der Waals surface area contributed by atoms with E-state index in [-0.39, 0.29) is 0 Å². The molecule has 0 nitrogen and oxygen atoms in total. The van der Waals surface area contributed by atoms with E-state index >= 15 is 0 Å². The first-order valence-electron chi connectivity index (χ1n) is 4.67. The monoisotopic (exact) mass is 200 g/mol. The van der Waals surface area contributed by atoms with Gasteiger partial charge in [0.1, 0.15) is 0 Å². The Kier molecular flexibility index (Phi) is 2.80. The molecule has 70 valence electrons. The Morgan fingerprint density at radius 1 is 1.07 bits per heavy atom. The summed E-state index contributed by atoms with van der Waals surface area (Å²) in [5.74, 6) is 0. The summed E-state index contributed by atoms with van der Waals surface area (Å²) in [5, 5.41) is 2.11. The lowest BCUT2D eigenvalue weighted by Crippen LogP contribution is -1.73. The van der Waals surface area contributed by atoms with Crippen molar-refractivity contribution >= 4 is 17.4 Å². The summed E-state index contributed by atoms with van der Waals surface area (Å²) in [6.07, 6.45) is 4.17. The Morgan fingerprint density at radius 3 is 2.43 bits per heavy atom. The van der Waals surface area contributed by atoms with Crippen molar-refractivity contribution in [2.24, 2.45) is 0 Å². The molecule has 0 aliphatic carbocycles. The minimum absolute atomic E-state index is 1.26. The van der Waals surface area contributed by atoms with Crippen LogP contribution < -0.4 is 0 Å². The van der Waals surface area contributed by atoms with E-state index in [1.807, 2.05) is 6.92 Å². The van der Waals surface area contributed by atoms with Crippen LogP contribution in [0.4, 0.5) is 0 Å². The van der Waals surface area contributed by atoms with Gasteiger partial charge in [-0.05, 0) is 29.5 Å². The lowest BCUT2D eigenvalue weighted by molar-refractivity contribution is 1.64. The SMILES string of the molecule is CC=Cc1ccc(-c2cccs2)cc1. The smallest absolute Gasteiger partial charge is 0.0342 e. The van der Waals surface area contributed by atoms with Gasteiger partial charge in [-0.25, -0.2) is 0 Å². The molecule has 0 spiro atoms. The zero-order valence-corrected chi connectivity index (χ0v) is 8.92. The van der Waals surface area contributed by atoms with Gasteiger partial charge in [-0.15, -0.1) is 11.3 Å². The highest BCUT2D eigenvalue weighted by atomic mass is 32.1. The maximum Gasteiger partial charge on any atom is 0.0342 e. The molecule has 0 aliphatic heterocycles. The van der Waals surface area contributed by atoms with Crippen molar-refractivity contribution in [3.63, 3.8) is 0 Å². The zero-order valence-electron chi connectivity index (χ0n) is 8.10. The average molecular weight is 200 g/mol. The van der Waals surface area contributed by atoms with E-state index < -0.39 is 0 Å². The fourth-order valence-electron chi connectivity index (χ4n) is 1.39. The van der Waals surface area contributed by atoms with E-state index in [0.717, 1.165) is 0 Å². The van der Waals surface area contributed by atoms with Crippen LogP contribution >= 0.6 is 11.3 Å². The van der Waals surface area contributed by atoms with Gasteiger partial charge in [0, 0.05) is 4.88 Å². The van der Waals surface area contributed by atoms with Gasteiger partial charge < -0.3 is 0 Å². The van der Waals surface area contributed by atoms with E-state index in [1.54, 1.807) is 11.3 Å². The Labute approximate surface area is 88.5 Å². The maximum atomic E-state index is 2.17. The van der Waals surface area contributed by atoms with Crippen LogP contribution in [0.5, 0.6) is 0 Å². The number of allylic oxidation sites excluding steroid dienone is 1. The highest BCUT2D eigenvalue weighted by molar-refractivity contribution is 7.13. The molecular formula is C13H12S. The molecule has 2 rings (SSSR count). The highest BCUT2D eigenvalue weighted by Crippen LogP contribution is 2.24. The normalized spacial score (nSPS) is 10.9. The summed E-state index contributed by atoms with van der Waals surface area (Å²) in [4.78, 5) is 1.33. The lowest BCUT2D eigenvalue weighted by Gasteiger charge is -1.97. The quantitative estimate of drug-likeness (QED) is 0.672. The molecule has 1 aromatic heterocycles. The first-order chi connectivity index (χ1) is 6.90. The third kappa shape index (κ3) is 1.94. The van der Waals surface area contributed by atoms with Crippen LogP contribution in [0.3, 0.4) is 0 Å². The van der Waals surface area contributed by atoms with Crippen molar-refractivity contribution in [3.05, 3.63) is 53.4 Å². The van der Waals surface area contributed by atoms with Crippen LogP contribution in [-0.4, -0.2) is 0 Å². The molecule has 0 unspecified atom stereocenters. The van der Waals surface area contributed by atoms with Crippen molar-refractivity contribution in [1.82, 2.24) is 0 Å². The van der Waals surface area contributed by atoms with Gasteiger partial charge in [0.2, 0.25) is 0 Å². The van der Waals surface area contributed by atoms with E-state index in [4.69, 9.17) is 0 Å². The van der Waals surface area contributed by atoms with E-state index in [0.29, 0.717) is 0 Å². The molecule has 0 aliphatic rings. The number of hydrogen-bond acceptors (Lipinski definition) is 1. The predicted molar refractivity (Wildman–Crippen MR) is 64.5 cm³/mol. The third-order valence-electron chi connectivity index (χ3n) is 2.08. The lowest BCUT2D eigenvalue weighted by atomic mass is 10.1.